The first-order valence-corrected chi connectivity index (χ1v) is 15.4. The predicted molar refractivity (Wildman–Crippen MR) is 167 cm³/mol. The van der Waals surface area contributed by atoms with Crippen LogP contribution in [-0.2, 0) is 32.1 Å². The van der Waals surface area contributed by atoms with Gasteiger partial charge in [-0.15, -0.1) is 0 Å². The number of nitrogens with one attached hydrogen (secondary N) is 1. The van der Waals surface area contributed by atoms with E-state index < -0.39 is 24.1 Å². The van der Waals surface area contributed by atoms with Crippen molar-refractivity contribution < 1.29 is 38.4 Å². The van der Waals surface area contributed by atoms with Crippen molar-refractivity contribution in [3.05, 3.63) is 88.2 Å². The van der Waals surface area contributed by atoms with E-state index in [4.69, 9.17) is 35.5 Å². The summed E-state index contributed by atoms with van der Waals surface area (Å²) in [4.78, 5) is 42.2. The molecule has 1 saturated carbocycles. The zero-order valence-electron chi connectivity index (χ0n) is 25.7. The molecule has 1 aliphatic rings. The van der Waals surface area contributed by atoms with Crippen molar-refractivity contribution in [2.45, 2.75) is 57.8 Å². The summed E-state index contributed by atoms with van der Waals surface area (Å²) in [5.41, 5.74) is 2.22. The number of rotatable bonds is 14. The number of hydrogen-bond acceptors (Lipinski definition) is 8. The molecule has 0 saturated heterocycles. The molecule has 0 unspecified atom stereocenters. The van der Waals surface area contributed by atoms with Gasteiger partial charge in [0.05, 0.1) is 18.1 Å². The second-order valence-electron chi connectivity index (χ2n) is 10.9. The number of nitrogens with zero attached hydrogens (tertiary/aromatic N) is 1. The van der Waals surface area contributed by atoms with Crippen molar-refractivity contribution in [2.75, 3.05) is 20.8 Å². The maximum Gasteiger partial charge on any atom is 0.339 e. The van der Waals surface area contributed by atoms with Crippen LogP contribution in [0.15, 0.2) is 60.7 Å². The maximum atomic E-state index is 13.4. The number of carbonyl (C=O) groups excluding carboxylic acids is 2. The first kappa shape index (κ1) is 33.7. The van der Waals surface area contributed by atoms with Gasteiger partial charge in [-0.3, -0.25) is 9.59 Å². The minimum Gasteiger partial charge on any atom is -0.495 e. The number of aryl methyl sites for hydroxylation is 1. The Morgan fingerprint density at radius 1 is 1.00 bits per heavy atom. The van der Waals surface area contributed by atoms with Crippen molar-refractivity contribution >= 4 is 29.4 Å². The lowest BCUT2D eigenvalue weighted by Crippen LogP contribution is -2.36. The zero-order valence-corrected chi connectivity index (χ0v) is 26.4. The van der Waals surface area contributed by atoms with Gasteiger partial charge in [-0.1, -0.05) is 48.9 Å². The summed E-state index contributed by atoms with van der Waals surface area (Å²) >= 11 is 6.63. The molecular formula is C34H39ClN2O8. The molecule has 0 bridgehead atoms. The van der Waals surface area contributed by atoms with Crippen LogP contribution < -0.4 is 14.8 Å². The minimum atomic E-state index is -1.24. The number of aliphatic carboxylic acids is 1. The minimum absolute atomic E-state index is 0.0391. The van der Waals surface area contributed by atoms with Crippen molar-refractivity contribution in [2.24, 2.45) is 11.8 Å². The van der Waals surface area contributed by atoms with E-state index in [-0.39, 0.29) is 35.1 Å². The van der Waals surface area contributed by atoms with E-state index in [1.54, 1.807) is 18.2 Å². The summed E-state index contributed by atoms with van der Waals surface area (Å²) in [6, 6.07) is 17.5. The topological polar surface area (TPSA) is 133 Å². The molecular weight excluding hydrogens is 600 g/mol. The predicted octanol–water partition coefficient (Wildman–Crippen LogP) is 5.81. The summed E-state index contributed by atoms with van der Waals surface area (Å²) in [5.74, 6) is -1.23. The van der Waals surface area contributed by atoms with Gasteiger partial charge in [0.25, 0.3) is 5.91 Å². The summed E-state index contributed by atoms with van der Waals surface area (Å²) in [6.45, 7) is 2.44. The lowest BCUT2D eigenvalue weighted by atomic mass is 9.82. The second kappa shape index (κ2) is 16.2. The molecule has 1 amide bonds. The monoisotopic (exact) mass is 638 g/mol. The number of methoxy groups -OCH3 is 2. The van der Waals surface area contributed by atoms with Crippen molar-refractivity contribution in [1.82, 2.24) is 10.3 Å². The fraction of sp³-hybridized carbons (Fsp3) is 0.412. The number of carboxylic acid groups (broad SMARTS) is 1. The third-order valence-corrected chi connectivity index (χ3v) is 8.27. The average Bonchev–Trinajstić information content (AvgIpc) is 3.07. The number of halogens is 1. The third-order valence-electron chi connectivity index (χ3n) is 7.98. The van der Waals surface area contributed by atoms with Crippen LogP contribution in [0.1, 0.15) is 66.0 Å². The lowest BCUT2D eigenvalue weighted by Gasteiger charge is -2.27. The molecule has 1 aliphatic carbocycles. The molecule has 45 heavy (non-hydrogen) atoms. The number of hydrogen-bond donors (Lipinski definition) is 2. The van der Waals surface area contributed by atoms with E-state index in [9.17, 15) is 19.5 Å². The summed E-state index contributed by atoms with van der Waals surface area (Å²) in [5, 5.41) is 12.3. The molecule has 1 fully saturated rings. The number of benzene rings is 2. The van der Waals surface area contributed by atoms with E-state index in [1.807, 2.05) is 43.3 Å². The molecule has 2 N–H and O–H groups in total. The van der Waals surface area contributed by atoms with Crippen LogP contribution >= 0.6 is 11.6 Å². The lowest BCUT2D eigenvalue weighted by molar-refractivity contribution is -0.163. The molecule has 3 aromatic rings. The third kappa shape index (κ3) is 8.95. The highest BCUT2D eigenvalue weighted by Crippen LogP contribution is 2.36. The number of pyridine rings is 1. The molecule has 11 heteroatoms. The van der Waals surface area contributed by atoms with E-state index in [0.717, 1.165) is 24.1 Å². The standard InChI is InChI=1S/C34H39ClN2O8/c1-4-25-15-17-28(42-2)29(37-25)30(31(43-3)34(41)44-20-22-8-6-5-7-9-22)45-27-16-14-24(18-26(27)35)32(38)36-19-21-10-12-23(13-11-21)33(39)40/h5-9,14-18,21,23,30-31H,4,10-13,19-20H2,1-3H3,(H,36,38)(H,39,40)/t21-,23-,30-,31-/m0/s1. The molecule has 0 radical (unpaired) electrons. The first-order chi connectivity index (χ1) is 21.7. The molecule has 2 aromatic carbocycles. The number of ether oxygens (including phenoxy) is 4. The number of carboxylic acids is 1. The quantitative estimate of drug-likeness (QED) is 0.210. The van der Waals surface area contributed by atoms with Gasteiger partial charge in [0.1, 0.15) is 23.8 Å². The van der Waals surface area contributed by atoms with Gasteiger partial charge < -0.3 is 29.4 Å². The second-order valence-corrected chi connectivity index (χ2v) is 11.4. The molecule has 2 atom stereocenters. The fourth-order valence-electron chi connectivity index (χ4n) is 5.32. The Bertz CT molecular complexity index is 1460. The van der Waals surface area contributed by atoms with Crippen LogP contribution in [0.25, 0.3) is 0 Å². The zero-order chi connectivity index (χ0) is 32.3. The van der Waals surface area contributed by atoms with Gasteiger partial charge in [-0.2, -0.15) is 0 Å². The van der Waals surface area contributed by atoms with Gasteiger partial charge in [0.2, 0.25) is 0 Å². The Hall–Kier alpha value is -4.15. The summed E-state index contributed by atoms with van der Waals surface area (Å²) < 4.78 is 23.2. The Morgan fingerprint density at radius 2 is 1.71 bits per heavy atom. The summed E-state index contributed by atoms with van der Waals surface area (Å²) in [6.07, 6.45) is 0.992. The number of aromatic nitrogens is 1. The SMILES string of the molecule is CCc1ccc(OC)c([C@H](Oc2ccc(C(=O)NC[C@H]3CC[C@H](C(=O)O)CC3)cc2Cl)[C@H](OC)C(=O)OCc2ccccc2)n1. The highest BCUT2D eigenvalue weighted by molar-refractivity contribution is 6.32. The number of amides is 1. The Labute approximate surface area is 268 Å². The molecule has 0 spiro atoms. The van der Waals surface area contributed by atoms with Crippen molar-refractivity contribution in [3.8, 4) is 11.5 Å². The van der Waals surface area contributed by atoms with Crippen LogP contribution in [0.4, 0.5) is 0 Å². The van der Waals surface area contributed by atoms with Crippen molar-refractivity contribution in [1.29, 1.82) is 0 Å². The Kier molecular flexibility index (Phi) is 12.2. The van der Waals surface area contributed by atoms with Crippen LogP contribution in [0.5, 0.6) is 11.5 Å². The van der Waals surface area contributed by atoms with E-state index in [1.165, 1.54) is 20.3 Å². The van der Waals surface area contributed by atoms with Gasteiger partial charge in [0.15, 0.2) is 12.2 Å². The Balaban J connectivity index is 1.52. The number of esters is 1. The van der Waals surface area contributed by atoms with Gasteiger partial charge >= 0.3 is 11.9 Å². The van der Waals surface area contributed by atoms with E-state index >= 15 is 0 Å². The van der Waals surface area contributed by atoms with Crippen LogP contribution in [0, 0.1) is 11.8 Å². The van der Waals surface area contributed by atoms with Gasteiger partial charge in [0, 0.05) is 24.9 Å². The van der Waals surface area contributed by atoms with Crippen LogP contribution in [-0.4, -0.2) is 54.8 Å². The fourth-order valence-corrected chi connectivity index (χ4v) is 5.55. The van der Waals surface area contributed by atoms with E-state index in [2.05, 4.69) is 5.32 Å². The maximum absolute atomic E-state index is 13.4. The normalized spacial score (nSPS) is 17.5. The van der Waals surface area contributed by atoms with Gasteiger partial charge in [-0.25, -0.2) is 9.78 Å². The number of carbonyl (C=O) groups is 3. The molecule has 10 nitrogen and oxygen atoms in total. The summed E-state index contributed by atoms with van der Waals surface area (Å²) in [7, 11) is 2.88. The highest BCUT2D eigenvalue weighted by atomic mass is 35.5. The highest BCUT2D eigenvalue weighted by Gasteiger charge is 2.37. The van der Waals surface area contributed by atoms with Crippen LogP contribution in [0.3, 0.4) is 0 Å². The average molecular weight is 639 g/mol. The largest absolute Gasteiger partial charge is 0.495 e. The molecule has 1 aromatic heterocycles. The van der Waals surface area contributed by atoms with Crippen molar-refractivity contribution in [3.63, 3.8) is 0 Å². The van der Waals surface area contributed by atoms with Crippen LogP contribution in [0.2, 0.25) is 5.02 Å². The molecule has 0 aliphatic heterocycles. The Morgan fingerprint density at radius 3 is 2.33 bits per heavy atom. The smallest absolute Gasteiger partial charge is 0.339 e. The van der Waals surface area contributed by atoms with Gasteiger partial charge in [-0.05, 0) is 73.9 Å². The first-order valence-electron chi connectivity index (χ1n) is 15.0. The molecule has 1 heterocycles. The molecule has 240 valence electrons. The van der Waals surface area contributed by atoms with E-state index in [0.29, 0.717) is 42.8 Å². The molecule has 4 rings (SSSR count).